The fourth-order valence-electron chi connectivity index (χ4n) is 2.87. The molecule has 2 heterocycles. The first-order valence-corrected chi connectivity index (χ1v) is 9.18. The summed E-state index contributed by atoms with van der Waals surface area (Å²) in [6, 6.07) is 12.6. The second-order valence-electron chi connectivity index (χ2n) is 5.69. The fraction of sp³-hybridized carbons (Fsp3) is 0.211. The SMILES string of the molecule is COC(=O)C[C@H](c1ccc(SC)cc1)c1c(O)nc2ccccn2c1=O. The van der Waals surface area contributed by atoms with Gasteiger partial charge in [-0.15, -0.1) is 11.8 Å². The maximum Gasteiger partial charge on any atom is 0.306 e. The van der Waals surface area contributed by atoms with Gasteiger partial charge < -0.3 is 9.84 Å². The Morgan fingerprint density at radius 2 is 2.00 bits per heavy atom. The largest absolute Gasteiger partial charge is 0.493 e. The number of hydrogen-bond donors (Lipinski definition) is 1. The highest BCUT2D eigenvalue weighted by Crippen LogP contribution is 2.32. The highest BCUT2D eigenvalue weighted by atomic mass is 32.2. The molecule has 0 radical (unpaired) electrons. The van der Waals surface area contributed by atoms with E-state index < -0.39 is 17.4 Å². The lowest BCUT2D eigenvalue weighted by Gasteiger charge is -2.18. The Balaban J connectivity index is 2.19. The average Bonchev–Trinajstić information content (AvgIpc) is 2.67. The third kappa shape index (κ3) is 3.43. The van der Waals surface area contributed by atoms with E-state index in [2.05, 4.69) is 4.98 Å². The number of aromatic nitrogens is 2. The summed E-state index contributed by atoms with van der Waals surface area (Å²) in [7, 11) is 1.29. The molecule has 2 aromatic heterocycles. The van der Waals surface area contributed by atoms with E-state index in [1.807, 2.05) is 30.5 Å². The molecule has 0 spiro atoms. The van der Waals surface area contributed by atoms with Gasteiger partial charge in [0.15, 0.2) is 0 Å². The Hall–Kier alpha value is -2.80. The number of methoxy groups -OCH3 is 1. The summed E-state index contributed by atoms with van der Waals surface area (Å²) < 4.78 is 6.14. The topological polar surface area (TPSA) is 80.9 Å². The van der Waals surface area contributed by atoms with Crippen LogP contribution < -0.4 is 5.56 Å². The number of rotatable bonds is 5. The van der Waals surface area contributed by atoms with Crippen LogP contribution in [0.25, 0.3) is 5.65 Å². The van der Waals surface area contributed by atoms with Crippen LogP contribution in [0.5, 0.6) is 5.88 Å². The molecule has 0 aliphatic carbocycles. The minimum absolute atomic E-state index is 0.0709. The molecule has 1 aromatic carbocycles. The minimum atomic E-state index is -0.657. The molecule has 0 saturated heterocycles. The highest BCUT2D eigenvalue weighted by molar-refractivity contribution is 7.98. The summed E-state index contributed by atoms with van der Waals surface area (Å²) in [5, 5.41) is 10.4. The maximum atomic E-state index is 13.0. The van der Waals surface area contributed by atoms with Gasteiger partial charge in [-0.1, -0.05) is 18.2 Å². The van der Waals surface area contributed by atoms with Gasteiger partial charge in [0.1, 0.15) is 5.65 Å². The van der Waals surface area contributed by atoms with Gasteiger partial charge >= 0.3 is 5.97 Å². The Morgan fingerprint density at radius 1 is 1.27 bits per heavy atom. The molecular formula is C19H18N2O4S. The van der Waals surface area contributed by atoms with Crippen molar-refractivity contribution in [2.45, 2.75) is 17.2 Å². The van der Waals surface area contributed by atoms with Crippen LogP contribution >= 0.6 is 11.8 Å². The molecule has 26 heavy (non-hydrogen) atoms. The number of carbonyl (C=O) groups excluding carboxylic acids is 1. The van der Waals surface area contributed by atoms with Crippen molar-refractivity contribution in [2.75, 3.05) is 13.4 Å². The van der Waals surface area contributed by atoms with Crippen molar-refractivity contribution >= 4 is 23.4 Å². The number of hydrogen-bond acceptors (Lipinski definition) is 6. The number of esters is 1. The number of pyridine rings is 1. The first kappa shape index (κ1) is 18.0. The molecule has 0 saturated carbocycles. The van der Waals surface area contributed by atoms with Crippen molar-refractivity contribution in [2.24, 2.45) is 0 Å². The number of aromatic hydroxyl groups is 1. The molecule has 3 rings (SSSR count). The normalized spacial score (nSPS) is 12.1. The van der Waals surface area contributed by atoms with Crippen molar-refractivity contribution in [1.29, 1.82) is 0 Å². The minimum Gasteiger partial charge on any atom is -0.493 e. The number of benzene rings is 1. The summed E-state index contributed by atoms with van der Waals surface area (Å²) in [5.74, 6) is -1.50. The summed E-state index contributed by atoms with van der Waals surface area (Å²) in [5.41, 5.74) is 0.749. The van der Waals surface area contributed by atoms with Crippen LogP contribution in [0.4, 0.5) is 0 Å². The number of thioether (sulfide) groups is 1. The number of ether oxygens (including phenoxy) is 1. The molecule has 3 aromatic rings. The second-order valence-corrected chi connectivity index (χ2v) is 6.57. The van der Waals surface area contributed by atoms with Crippen molar-refractivity contribution in [3.8, 4) is 5.88 Å². The first-order chi connectivity index (χ1) is 12.5. The monoisotopic (exact) mass is 370 g/mol. The smallest absolute Gasteiger partial charge is 0.306 e. The molecule has 6 nitrogen and oxygen atoms in total. The Kier molecular flexibility index (Phi) is 5.27. The van der Waals surface area contributed by atoms with Crippen LogP contribution in [-0.4, -0.2) is 33.8 Å². The van der Waals surface area contributed by atoms with E-state index in [9.17, 15) is 14.7 Å². The molecule has 0 bridgehead atoms. The van der Waals surface area contributed by atoms with Crippen LogP contribution in [0.15, 0.2) is 58.4 Å². The molecule has 0 aliphatic rings. The first-order valence-electron chi connectivity index (χ1n) is 7.96. The molecule has 0 unspecified atom stereocenters. The van der Waals surface area contributed by atoms with Crippen molar-refractivity contribution in [1.82, 2.24) is 9.38 Å². The molecule has 0 amide bonds. The van der Waals surface area contributed by atoms with Crippen LogP contribution in [-0.2, 0) is 9.53 Å². The van der Waals surface area contributed by atoms with Crippen LogP contribution in [0, 0.1) is 0 Å². The summed E-state index contributed by atoms with van der Waals surface area (Å²) in [6.07, 6.45) is 3.48. The van der Waals surface area contributed by atoms with Gasteiger partial charge in [-0.3, -0.25) is 14.0 Å². The van der Waals surface area contributed by atoms with Gasteiger partial charge in [-0.05, 0) is 36.1 Å². The van der Waals surface area contributed by atoms with E-state index in [1.165, 1.54) is 11.5 Å². The zero-order valence-corrected chi connectivity index (χ0v) is 15.2. The Morgan fingerprint density at radius 3 is 2.65 bits per heavy atom. The van der Waals surface area contributed by atoms with Crippen molar-refractivity contribution in [3.05, 3.63) is 70.1 Å². The Labute approximate surface area is 154 Å². The van der Waals surface area contributed by atoms with Crippen LogP contribution in [0.3, 0.4) is 0 Å². The third-order valence-electron chi connectivity index (χ3n) is 4.21. The maximum absolute atomic E-state index is 13.0. The zero-order valence-electron chi connectivity index (χ0n) is 14.4. The molecular weight excluding hydrogens is 352 g/mol. The second kappa shape index (κ2) is 7.61. The molecule has 1 N–H and O–H groups in total. The van der Waals surface area contributed by atoms with Crippen molar-refractivity contribution < 1.29 is 14.6 Å². The van der Waals surface area contributed by atoms with Gasteiger partial charge in [0.25, 0.3) is 5.56 Å². The van der Waals surface area contributed by atoms with Gasteiger partial charge in [0.2, 0.25) is 5.88 Å². The number of nitrogens with zero attached hydrogens (tertiary/aromatic N) is 2. The molecule has 0 aliphatic heterocycles. The summed E-state index contributed by atoms with van der Waals surface area (Å²) in [4.78, 5) is 30.1. The van der Waals surface area contributed by atoms with Gasteiger partial charge in [0.05, 0.1) is 19.1 Å². The molecule has 7 heteroatoms. The van der Waals surface area contributed by atoms with Gasteiger partial charge in [-0.2, -0.15) is 4.98 Å². The average molecular weight is 370 g/mol. The summed E-state index contributed by atoms with van der Waals surface area (Å²) in [6.45, 7) is 0. The van der Waals surface area contributed by atoms with E-state index in [0.29, 0.717) is 5.65 Å². The van der Waals surface area contributed by atoms with Crippen LogP contribution in [0.1, 0.15) is 23.5 Å². The van der Waals surface area contributed by atoms with Gasteiger partial charge in [-0.25, -0.2) is 0 Å². The molecule has 0 fully saturated rings. The molecule has 134 valence electrons. The molecule has 1 atom stereocenters. The van der Waals surface area contributed by atoms with E-state index in [0.717, 1.165) is 10.5 Å². The van der Waals surface area contributed by atoms with E-state index >= 15 is 0 Å². The fourth-order valence-corrected chi connectivity index (χ4v) is 3.28. The van der Waals surface area contributed by atoms with Crippen LogP contribution in [0.2, 0.25) is 0 Å². The lowest BCUT2D eigenvalue weighted by atomic mass is 9.89. The lowest BCUT2D eigenvalue weighted by Crippen LogP contribution is -2.24. The standard InChI is InChI=1S/C19H18N2O4S/c1-25-16(22)11-14(12-6-8-13(26-2)9-7-12)17-18(23)20-15-5-3-4-10-21(15)19(17)24/h3-10,14,23H,11H2,1-2H3/t14-/m1/s1. The van der Waals surface area contributed by atoms with Gasteiger partial charge in [0, 0.05) is 17.0 Å². The number of fused-ring (bicyclic) bond motifs is 1. The van der Waals surface area contributed by atoms with Crippen molar-refractivity contribution in [3.63, 3.8) is 0 Å². The Bertz CT molecular complexity index is 999. The summed E-state index contributed by atoms with van der Waals surface area (Å²) >= 11 is 1.59. The predicted octanol–water partition coefficient (Wildman–Crippen LogP) is 2.82. The quantitative estimate of drug-likeness (QED) is 0.549. The zero-order chi connectivity index (χ0) is 18.7. The third-order valence-corrected chi connectivity index (χ3v) is 4.96. The van der Waals surface area contributed by atoms with E-state index in [1.54, 1.807) is 36.2 Å². The van der Waals surface area contributed by atoms with E-state index in [4.69, 9.17) is 4.74 Å². The highest BCUT2D eigenvalue weighted by Gasteiger charge is 2.26. The lowest BCUT2D eigenvalue weighted by molar-refractivity contribution is -0.140. The number of carbonyl (C=O) groups is 1. The predicted molar refractivity (Wildman–Crippen MR) is 99.8 cm³/mol. The van der Waals surface area contributed by atoms with E-state index in [-0.39, 0.29) is 17.9 Å².